The molecule has 100 valence electrons. The summed E-state index contributed by atoms with van der Waals surface area (Å²) in [5, 5.41) is 12.6. The van der Waals surface area contributed by atoms with Crippen molar-refractivity contribution in [3.8, 4) is 0 Å². The van der Waals surface area contributed by atoms with Crippen molar-refractivity contribution in [2.75, 3.05) is 6.54 Å². The lowest BCUT2D eigenvalue weighted by Gasteiger charge is -2.20. The van der Waals surface area contributed by atoms with E-state index in [4.69, 9.17) is 9.63 Å². The topological polar surface area (TPSA) is 101 Å². The zero-order valence-corrected chi connectivity index (χ0v) is 10.7. The molecule has 8 heteroatoms. The second-order valence-corrected chi connectivity index (χ2v) is 6.21. The number of sulfonamides is 1. The minimum Gasteiger partial charge on any atom is -0.480 e. The summed E-state index contributed by atoms with van der Waals surface area (Å²) in [6, 6.07) is 0.576. The minimum absolute atomic E-state index is 0.246. The van der Waals surface area contributed by atoms with E-state index in [2.05, 4.69) is 5.16 Å². The van der Waals surface area contributed by atoms with Gasteiger partial charge in [0, 0.05) is 12.6 Å². The fourth-order valence-corrected chi connectivity index (χ4v) is 3.74. The number of rotatable bonds is 4. The Kier molecular flexibility index (Phi) is 3.40. The van der Waals surface area contributed by atoms with Gasteiger partial charge in [-0.3, -0.25) is 4.79 Å². The number of aliphatic carboxylic acids is 1. The minimum atomic E-state index is -3.66. The SMILES string of the molecule is Cc1cc(CS(=O)(=O)N2CCC[C@@H]2C(=O)O)no1. The van der Waals surface area contributed by atoms with Gasteiger partial charge in [-0.1, -0.05) is 5.16 Å². The van der Waals surface area contributed by atoms with Crippen LogP contribution in [0.5, 0.6) is 0 Å². The third-order valence-corrected chi connectivity index (χ3v) is 4.67. The van der Waals surface area contributed by atoms with E-state index in [1.54, 1.807) is 6.92 Å². The van der Waals surface area contributed by atoms with Gasteiger partial charge in [-0.2, -0.15) is 4.31 Å². The zero-order valence-electron chi connectivity index (χ0n) is 9.87. The maximum atomic E-state index is 12.1. The van der Waals surface area contributed by atoms with E-state index in [1.807, 2.05) is 0 Å². The Morgan fingerprint density at radius 3 is 2.94 bits per heavy atom. The van der Waals surface area contributed by atoms with Crippen LogP contribution in [-0.4, -0.2) is 41.5 Å². The number of nitrogens with zero attached hydrogens (tertiary/aromatic N) is 2. The fraction of sp³-hybridized carbons (Fsp3) is 0.600. The molecule has 1 N–H and O–H groups in total. The fourth-order valence-electron chi connectivity index (χ4n) is 2.08. The predicted molar refractivity (Wildman–Crippen MR) is 61.2 cm³/mol. The first-order valence-electron chi connectivity index (χ1n) is 5.54. The summed E-state index contributed by atoms with van der Waals surface area (Å²) < 4.78 is 30.1. The van der Waals surface area contributed by atoms with E-state index in [-0.39, 0.29) is 12.3 Å². The Balaban J connectivity index is 2.18. The number of aryl methyl sites for hydroxylation is 1. The van der Waals surface area contributed by atoms with Crippen LogP contribution in [0.25, 0.3) is 0 Å². The summed E-state index contributed by atoms with van der Waals surface area (Å²) in [4.78, 5) is 11.0. The van der Waals surface area contributed by atoms with Gasteiger partial charge in [0.15, 0.2) is 0 Å². The van der Waals surface area contributed by atoms with E-state index >= 15 is 0 Å². The molecule has 0 radical (unpaired) electrons. The molecule has 2 heterocycles. The van der Waals surface area contributed by atoms with E-state index in [0.717, 1.165) is 4.31 Å². The van der Waals surface area contributed by atoms with Gasteiger partial charge in [-0.25, -0.2) is 8.42 Å². The van der Waals surface area contributed by atoms with E-state index in [9.17, 15) is 13.2 Å². The summed E-state index contributed by atoms with van der Waals surface area (Å²) >= 11 is 0. The van der Waals surface area contributed by atoms with Crippen molar-refractivity contribution >= 4 is 16.0 Å². The van der Waals surface area contributed by atoms with Crippen LogP contribution >= 0.6 is 0 Å². The molecular formula is C10H14N2O5S. The molecule has 0 aromatic carbocycles. The number of hydrogen-bond acceptors (Lipinski definition) is 5. The number of aromatic nitrogens is 1. The summed E-state index contributed by atoms with van der Waals surface area (Å²) in [7, 11) is -3.66. The lowest BCUT2D eigenvalue weighted by Crippen LogP contribution is -2.40. The van der Waals surface area contributed by atoms with Crippen LogP contribution in [0.3, 0.4) is 0 Å². The molecule has 1 aromatic heterocycles. The second-order valence-electron chi connectivity index (χ2n) is 4.29. The number of carboxylic acid groups (broad SMARTS) is 1. The predicted octanol–water partition coefficient (Wildman–Crippen LogP) is 0.362. The van der Waals surface area contributed by atoms with Crippen molar-refractivity contribution in [3.63, 3.8) is 0 Å². The average molecular weight is 274 g/mol. The maximum Gasteiger partial charge on any atom is 0.322 e. The molecule has 0 amide bonds. The van der Waals surface area contributed by atoms with Gasteiger partial charge >= 0.3 is 5.97 Å². The normalized spacial score (nSPS) is 21.3. The van der Waals surface area contributed by atoms with E-state index < -0.39 is 22.0 Å². The van der Waals surface area contributed by atoms with Crippen LogP contribution in [0.1, 0.15) is 24.3 Å². The second kappa shape index (κ2) is 4.69. The summed E-state index contributed by atoms with van der Waals surface area (Å²) in [5.74, 6) is -0.905. The van der Waals surface area contributed by atoms with Gasteiger partial charge in [0.1, 0.15) is 23.2 Å². The molecule has 0 unspecified atom stereocenters. The molecule has 1 aliphatic rings. The first-order chi connectivity index (χ1) is 8.40. The van der Waals surface area contributed by atoms with Crippen molar-refractivity contribution < 1.29 is 22.8 Å². The lowest BCUT2D eigenvalue weighted by atomic mass is 10.2. The summed E-state index contributed by atoms with van der Waals surface area (Å²) in [6.07, 6.45) is 0.917. The molecule has 7 nitrogen and oxygen atoms in total. The molecular weight excluding hydrogens is 260 g/mol. The highest BCUT2D eigenvalue weighted by molar-refractivity contribution is 7.88. The van der Waals surface area contributed by atoms with Crippen LogP contribution in [0.2, 0.25) is 0 Å². The van der Waals surface area contributed by atoms with Crippen molar-refractivity contribution in [1.82, 2.24) is 9.46 Å². The van der Waals surface area contributed by atoms with Crippen LogP contribution in [0.15, 0.2) is 10.6 Å². The zero-order chi connectivity index (χ0) is 13.3. The molecule has 0 spiro atoms. The van der Waals surface area contributed by atoms with Crippen molar-refractivity contribution in [3.05, 3.63) is 17.5 Å². The maximum absolute atomic E-state index is 12.1. The highest BCUT2D eigenvalue weighted by atomic mass is 32.2. The van der Waals surface area contributed by atoms with Gasteiger partial charge in [-0.15, -0.1) is 0 Å². The molecule has 0 saturated carbocycles. The Morgan fingerprint density at radius 2 is 2.39 bits per heavy atom. The smallest absolute Gasteiger partial charge is 0.322 e. The monoisotopic (exact) mass is 274 g/mol. The largest absolute Gasteiger partial charge is 0.480 e. The molecule has 18 heavy (non-hydrogen) atoms. The van der Waals surface area contributed by atoms with Crippen LogP contribution in [0, 0.1) is 6.92 Å². The van der Waals surface area contributed by atoms with Crippen molar-refractivity contribution in [1.29, 1.82) is 0 Å². The van der Waals surface area contributed by atoms with Gasteiger partial charge in [0.05, 0.1) is 0 Å². The van der Waals surface area contributed by atoms with Crippen LogP contribution in [0.4, 0.5) is 0 Å². The Morgan fingerprint density at radius 1 is 1.67 bits per heavy atom. The Bertz CT molecular complexity index is 550. The highest BCUT2D eigenvalue weighted by Gasteiger charge is 2.38. The highest BCUT2D eigenvalue weighted by Crippen LogP contribution is 2.23. The van der Waals surface area contributed by atoms with E-state index in [0.29, 0.717) is 24.3 Å². The molecule has 2 rings (SSSR count). The van der Waals surface area contributed by atoms with Crippen LogP contribution < -0.4 is 0 Å². The molecule has 1 saturated heterocycles. The summed E-state index contributed by atoms with van der Waals surface area (Å²) in [6.45, 7) is 1.91. The van der Waals surface area contributed by atoms with Gasteiger partial charge in [0.2, 0.25) is 10.0 Å². The standard InChI is InChI=1S/C10H14N2O5S/c1-7-5-8(11-17-7)6-18(15,16)12-4-2-3-9(12)10(13)14/h5,9H,2-4,6H2,1H3,(H,13,14)/t9-/m1/s1. The van der Waals surface area contributed by atoms with Crippen molar-refractivity contribution in [2.45, 2.75) is 31.6 Å². The van der Waals surface area contributed by atoms with Gasteiger partial charge in [0.25, 0.3) is 0 Å². The molecule has 1 aromatic rings. The number of carbonyl (C=O) groups is 1. The van der Waals surface area contributed by atoms with Gasteiger partial charge < -0.3 is 9.63 Å². The molecule has 1 aliphatic heterocycles. The average Bonchev–Trinajstić information content (AvgIpc) is 2.86. The van der Waals surface area contributed by atoms with Crippen LogP contribution in [-0.2, 0) is 20.6 Å². The van der Waals surface area contributed by atoms with Crippen molar-refractivity contribution in [2.24, 2.45) is 0 Å². The lowest BCUT2D eigenvalue weighted by molar-refractivity contribution is -0.140. The third kappa shape index (κ3) is 2.54. The summed E-state index contributed by atoms with van der Waals surface area (Å²) in [5.41, 5.74) is 0.295. The molecule has 0 aliphatic carbocycles. The molecule has 0 bridgehead atoms. The van der Waals surface area contributed by atoms with Gasteiger partial charge in [-0.05, 0) is 19.8 Å². The molecule has 1 atom stereocenters. The molecule has 1 fully saturated rings. The first kappa shape index (κ1) is 13.0. The Hall–Kier alpha value is -1.41. The first-order valence-corrected chi connectivity index (χ1v) is 7.15. The number of hydrogen-bond donors (Lipinski definition) is 1. The third-order valence-electron chi connectivity index (χ3n) is 2.85. The van der Waals surface area contributed by atoms with E-state index in [1.165, 1.54) is 6.07 Å². The Labute approximate surface area is 104 Å². The quantitative estimate of drug-likeness (QED) is 0.850. The number of carboxylic acids is 1.